The number of anilines is 2. The summed E-state index contributed by atoms with van der Waals surface area (Å²) in [5, 5.41) is 4.69. The molecule has 20 heavy (non-hydrogen) atoms. The van der Waals surface area contributed by atoms with E-state index in [2.05, 4.69) is 30.7 Å². The van der Waals surface area contributed by atoms with E-state index in [9.17, 15) is 4.79 Å². The zero-order chi connectivity index (χ0) is 14.5. The van der Waals surface area contributed by atoms with Gasteiger partial charge >= 0.3 is 10.9 Å². The SMILES string of the molecule is CC(C)Oc1nc(NN)nc(NCc2csc(=O)[nH]2)n1. The molecule has 2 rings (SSSR count). The molecule has 108 valence electrons. The minimum Gasteiger partial charge on any atom is -0.461 e. The van der Waals surface area contributed by atoms with Crippen LogP contribution in [0, 0.1) is 0 Å². The second kappa shape index (κ2) is 6.30. The third-order valence-corrected chi connectivity index (χ3v) is 2.81. The molecule has 0 atom stereocenters. The normalized spacial score (nSPS) is 10.6. The molecule has 0 aromatic carbocycles. The van der Waals surface area contributed by atoms with Crippen LogP contribution in [-0.4, -0.2) is 26.0 Å². The van der Waals surface area contributed by atoms with Gasteiger partial charge in [-0.3, -0.25) is 10.2 Å². The van der Waals surface area contributed by atoms with Gasteiger partial charge in [0.1, 0.15) is 0 Å². The molecule has 0 saturated heterocycles. The Labute approximate surface area is 118 Å². The van der Waals surface area contributed by atoms with Crippen molar-refractivity contribution < 1.29 is 4.74 Å². The fraction of sp³-hybridized carbons (Fsp3) is 0.400. The maximum atomic E-state index is 11.0. The van der Waals surface area contributed by atoms with E-state index in [0.29, 0.717) is 12.5 Å². The second-order valence-corrected chi connectivity index (χ2v) is 4.95. The molecule has 9 nitrogen and oxygen atoms in total. The first-order valence-electron chi connectivity index (χ1n) is 5.86. The van der Waals surface area contributed by atoms with Gasteiger partial charge in [0, 0.05) is 11.1 Å². The average molecular weight is 297 g/mol. The highest BCUT2D eigenvalue weighted by Crippen LogP contribution is 2.12. The van der Waals surface area contributed by atoms with Gasteiger partial charge in [0.05, 0.1) is 12.6 Å². The van der Waals surface area contributed by atoms with Crippen molar-refractivity contribution >= 4 is 23.2 Å². The molecule has 0 bridgehead atoms. The van der Waals surface area contributed by atoms with Crippen LogP contribution in [-0.2, 0) is 6.54 Å². The molecule has 0 aliphatic heterocycles. The summed E-state index contributed by atoms with van der Waals surface area (Å²) in [5.41, 5.74) is 3.09. The van der Waals surface area contributed by atoms with E-state index < -0.39 is 0 Å². The lowest BCUT2D eigenvalue weighted by Gasteiger charge is -2.10. The molecule has 5 N–H and O–H groups in total. The van der Waals surface area contributed by atoms with Crippen LogP contribution in [0.2, 0.25) is 0 Å². The standard InChI is InChI=1S/C10H15N7O2S/c1-5(2)19-9-15-7(14-8(16-9)17-11)12-3-6-4-20-10(18)13-6/h4-5H,3,11H2,1-2H3,(H,13,18)(H2,12,14,15,16,17). The Hall–Kier alpha value is -2.20. The van der Waals surface area contributed by atoms with Crippen LogP contribution >= 0.6 is 11.3 Å². The highest BCUT2D eigenvalue weighted by atomic mass is 32.1. The van der Waals surface area contributed by atoms with E-state index >= 15 is 0 Å². The summed E-state index contributed by atoms with van der Waals surface area (Å²) in [5.74, 6) is 5.79. The smallest absolute Gasteiger partial charge is 0.323 e. The number of thiazole rings is 1. The summed E-state index contributed by atoms with van der Waals surface area (Å²) in [6.45, 7) is 4.11. The molecule has 2 aromatic rings. The number of nitrogens with zero attached hydrogens (tertiary/aromatic N) is 3. The summed E-state index contributed by atoms with van der Waals surface area (Å²) < 4.78 is 5.40. The lowest BCUT2D eigenvalue weighted by atomic mass is 10.5. The fourth-order valence-corrected chi connectivity index (χ4v) is 1.92. The van der Waals surface area contributed by atoms with Gasteiger partial charge in [-0.25, -0.2) is 5.84 Å². The van der Waals surface area contributed by atoms with Crippen molar-refractivity contribution in [2.45, 2.75) is 26.5 Å². The van der Waals surface area contributed by atoms with Crippen molar-refractivity contribution in [3.8, 4) is 6.01 Å². The zero-order valence-corrected chi connectivity index (χ0v) is 11.8. The second-order valence-electron chi connectivity index (χ2n) is 4.10. The van der Waals surface area contributed by atoms with E-state index in [1.54, 1.807) is 5.38 Å². The number of H-pyrrole nitrogens is 1. The van der Waals surface area contributed by atoms with Gasteiger partial charge in [0.25, 0.3) is 0 Å². The molecule has 2 heterocycles. The summed E-state index contributed by atoms with van der Waals surface area (Å²) in [7, 11) is 0. The van der Waals surface area contributed by atoms with Crippen LogP contribution in [0.15, 0.2) is 10.2 Å². The number of ether oxygens (including phenoxy) is 1. The molecule has 0 unspecified atom stereocenters. The molecule has 0 amide bonds. The van der Waals surface area contributed by atoms with Crippen molar-refractivity contribution in [2.75, 3.05) is 10.7 Å². The lowest BCUT2D eigenvalue weighted by Crippen LogP contribution is -2.16. The number of hydrogen-bond acceptors (Lipinski definition) is 9. The van der Waals surface area contributed by atoms with E-state index in [1.165, 1.54) is 0 Å². The summed E-state index contributed by atoms with van der Waals surface area (Å²) in [6, 6.07) is 0.171. The van der Waals surface area contributed by atoms with E-state index in [0.717, 1.165) is 17.0 Å². The zero-order valence-electron chi connectivity index (χ0n) is 11.0. The quantitative estimate of drug-likeness (QED) is 0.442. The molecule has 10 heteroatoms. The van der Waals surface area contributed by atoms with Crippen molar-refractivity contribution in [2.24, 2.45) is 5.84 Å². The predicted octanol–water partition coefficient (Wildman–Crippen LogP) is 0.306. The van der Waals surface area contributed by atoms with Gasteiger partial charge in [-0.2, -0.15) is 15.0 Å². The van der Waals surface area contributed by atoms with Crippen LogP contribution in [0.1, 0.15) is 19.5 Å². The average Bonchev–Trinajstić information content (AvgIpc) is 2.81. The molecule has 0 aliphatic carbocycles. The Morgan fingerprint density at radius 3 is 2.75 bits per heavy atom. The van der Waals surface area contributed by atoms with Crippen molar-refractivity contribution in [1.82, 2.24) is 19.9 Å². The number of aromatic amines is 1. The highest BCUT2D eigenvalue weighted by Gasteiger charge is 2.08. The van der Waals surface area contributed by atoms with Gasteiger partial charge in [-0.15, -0.1) is 0 Å². The first kappa shape index (κ1) is 14.2. The third kappa shape index (κ3) is 3.90. The minimum atomic E-state index is -0.106. The van der Waals surface area contributed by atoms with Crippen molar-refractivity contribution in [3.05, 3.63) is 20.7 Å². The third-order valence-electron chi connectivity index (χ3n) is 2.09. The Balaban J connectivity index is 2.11. The van der Waals surface area contributed by atoms with E-state index in [-0.39, 0.29) is 22.9 Å². The molecule has 0 fully saturated rings. The number of nitrogens with one attached hydrogen (secondary N) is 3. The highest BCUT2D eigenvalue weighted by molar-refractivity contribution is 7.07. The van der Waals surface area contributed by atoms with Crippen molar-refractivity contribution in [3.63, 3.8) is 0 Å². The van der Waals surface area contributed by atoms with Gasteiger partial charge < -0.3 is 15.0 Å². The van der Waals surface area contributed by atoms with Gasteiger partial charge in [0.15, 0.2) is 0 Å². The van der Waals surface area contributed by atoms with Crippen LogP contribution in [0.3, 0.4) is 0 Å². The predicted molar refractivity (Wildman–Crippen MR) is 75.7 cm³/mol. The molecule has 0 aliphatic rings. The summed E-state index contributed by atoms with van der Waals surface area (Å²) in [4.78, 5) is 25.7. The first-order valence-corrected chi connectivity index (χ1v) is 6.74. The number of hydrazine groups is 1. The molecular weight excluding hydrogens is 282 g/mol. The van der Waals surface area contributed by atoms with Gasteiger partial charge in [-0.1, -0.05) is 11.3 Å². The maximum absolute atomic E-state index is 11.0. The van der Waals surface area contributed by atoms with Crippen LogP contribution in [0.5, 0.6) is 6.01 Å². The summed E-state index contributed by atoms with van der Waals surface area (Å²) >= 11 is 1.10. The Morgan fingerprint density at radius 1 is 1.40 bits per heavy atom. The van der Waals surface area contributed by atoms with Crippen LogP contribution in [0.25, 0.3) is 0 Å². The number of hydrogen-bond donors (Lipinski definition) is 4. The largest absolute Gasteiger partial charge is 0.461 e. The first-order chi connectivity index (χ1) is 9.56. The maximum Gasteiger partial charge on any atom is 0.323 e. The molecule has 0 saturated carbocycles. The number of nitrogen functional groups attached to an aromatic ring is 1. The van der Waals surface area contributed by atoms with E-state index in [1.807, 2.05) is 13.8 Å². The molecule has 0 spiro atoms. The summed E-state index contributed by atoms with van der Waals surface area (Å²) in [6.07, 6.45) is -0.0656. The fourth-order valence-electron chi connectivity index (χ4n) is 1.34. The Kier molecular flexibility index (Phi) is 4.48. The topological polar surface area (TPSA) is 131 Å². The van der Waals surface area contributed by atoms with Gasteiger partial charge in [-0.05, 0) is 13.8 Å². The number of rotatable bonds is 6. The molecule has 2 aromatic heterocycles. The number of nitrogens with two attached hydrogens (primary N) is 1. The van der Waals surface area contributed by atoms with Crippen molar-refractivity contribution in [1.29, 1.82) is 0 Å². The molecular formula is C10H15N7O2S. The van der Waals surface area contributed by atoms with Crippen LogP contribution in [0.4, 0.5) is 11.9 Å². The Morgan fingerprint density at radius 2 is 2.15 bits per heavy atom. The Bertz CT molecular complexity index is 624. The monoisotopic (exact) mass is 297 g/mol. The number of aromatic nitrogens is 4. The van der Waals surface area contributed by atoms with Gasteiger partial charge in [0.2, 0.25) is 11.9 Å². The van der Waals surface area contributed by atoms with E-state index in [4.69, 9.17) is 10.6 Å². The lowest BCUT2D eigenvalue weighted by molar-refractivity contribution is 0.222. The molecule has 0 radical (unpaired) electrons. The van der Waals surface area contributed by atoms with Crippen LogP contribution < -0.4 is 26.2 Å². The minimum absolute atomic E-state index is 0.0656.